The van der Waals surface area contributed by atoms with Crippen molar-refractivity contribution in [3.05, 3.63) is 60.2 Å². The third kappa shape index (κ3) is 5.63. The van der Waals surface area contributed by atoms with Crippen LogP contribution in [0.1, 0.15) is 32.0 Å². The molecule has 0 aliphatic rings. The second-order valence-corrected chi connectivity index (χ2v) is 6.86. The fraction of sp³-hybridized carbons (Fsp3) is 0.318. The topological polar surface area (TPSA) is 76.0 Å². The third-order valence-electron chi connectivity index (χ3n) is 4.52. The maximum atomic E-state index is 13.3. The predicted octanol–water partition coefficient (Wildman–Crippen LogP) is 3.66. The van der Waals surface area contributed by atoms with E-state index in [0.29, 0.717) is 25.1 Å². The monoisotopic (exact) mass is 396 g/mol. The molecule has 7 heteroatoms. The average Bonchev–Trinajstić information content (AvgIpc) is 3.03. The van der Waals surface area contributed by atoms with Gasteiger partial charge in [0.05, 0.1) is 11.0 Å². The van der Waals surface area contributed by atoms with Crippen LogP contribution in [-0.2, 0) is 22.6 Å². The predicted molar refractivity (Wildman–Crippen MR) is 111 cm³/mol. The van der Waals surface area contributed by atoms with Crippen molar-refractivity contribution < 1.29 is 14.0 Å². The lowest BCUT2D eigenvalue weighted by Crippen LogP contribution is -2.25. The van der Waals surface area contributed by atoms with Crippen molar-refractivity contribution in [3.8, 4) is 0 Å². The molecule has 1 aromatic heterocycles. The molecule has 152 valence electrons. The van der Waals surface area contributed by atoms with Crippen molar-refractivity contribution in [2.45, 2.75) is 39.2 Å². The maximum absolute atomic E-state index is 13.3. The Kier molecular flexibility index (Phi) is 6.94. The Morgan fingerprint density at radius 3 is 2.72 bits per heavy atom. The molecule has 2 amide bonds. The van der Waals surface area contributed by atoms with Crippen molar-refractivity contribution in [3.63, 3.8) is 0 Å². The minimum absolute atomic E-state index is 0.0514. The van der Waals surface area contributed by atoms with E-state index in [-0.39, 0.29) is 18.4 Å². The highest BCUT2D eigenvalue weighted by molar-refractivity contribution is 5.91. The summed E-state index contributed by atoms with van der Waals surface area (Å²) < 4.78 is 15.2. The Bertz CT molecular complexity index is 999. The number of hydrogen-bond acceptors (Lipinski definition) is 3. The molecule has 0 atom stereocenters. The molecule has 2 N–H and O–H groups in total. The summed E-state index contributed by atoms with van der Waals surface area (Å²) in [5, 5.41) is 5.62. The maximum Gasteiger partial charge on any atom is 0.244 e. The number of halogens is 1. The molecule has 0 spiro atoms. The first kappa shape index (κ1) is 20.5. The van der Waals surface area contributed by atoms with Crippen LogP contribution in [0.4, 0.5) is 10.1 Å². The van der Waals surface area contributed by atoms with Gasteiger partial charge in [0.15, 0.2) is 0 Å². The Morgan fingerprint density at radius 1 is 1.10 bits per heavy atom. The lowest BCUT2D eigenvalue weighted by atomic mass is 10.2. The highest BCUT2D eigenvalue weighted by atomic mass is 19.1. The summed E-state index contributed by atoms with van der Waals surface area (Å²) in [4.78, 5) is 28.8. The molecule has 0 saturated carbocycles. The van der Waals surface area contributed by atoms with Crippen molar-refractivity contribution >= 4 is 28.5 Å². The standard InChI is InChI=1S/C22H25FN4O2/c1-2-7-21(28)24-13-6-12-20-26-18-10-3-4-11-19(18)27(20)15-22(29)25-17-9-5-8-16(23)14-17/h3-5,8-11,14H,2,6-7,12-13,15H2,1H3,(H,24,28)(H,25,29). The first-order chi connectivity index (χ1) is 14.1. The minimum Gasteiger partial charge on any atom is -0.356 e. The van der Waals surface area contributed by atoms with E-state index in [2.05, 4.69) is 15.6 Å². The van der Waals surface area contributed by atoms with Crippen LogP contribution in [0, 0.1) is 5.82 Å². The number of carbonyl (C=O) groups excluding carboxylic acids is 2. The van der Waals surface area contributed by atoms with Crippen LogP contribution in [-0.4, -0.2) is 27.9 Å². The van der Waals surface area contributed by atoms with Gasteiger partial charge in [-0.15, -0.1) is 0 Å². The molecular formula is C22H25FN4O2. The number of hydrogen-bond donors (Lipinski definition) is 2. The molecule has 29 heavy (non-hydrogen) atoms. The number of para-hydroxylation sites is 2. The van der Waals surface area contributed by atoms with E-state index in [1.54, 1.807) is 12.1 Å². The fourth-order valence-corrected chi connectivity index (χ4v) is 3.19. The van der Waals surface area contributed by atoms with Crippen molar-refractivity contribution in [1.29, 1.82) is 0 Å². The number of nitrogens with one attached hydrogen (secondary N) is 2. The van der Waals surface area contributed by atoms with Gasteiger partial charge in [-0.25, -0.2) is 9.37 Å². The summed E-state index contributed by atoms with van der Waals surface area (Å²) in [5.41, 5.74) is 2.10. The molecule has 0 aliphatic carbocycles. The van der Waals surface area contributed by atoms with Gasteiger partial charge in [-0.1, -0.05) is 25.1 Å². The van der Waals surface area contributed by atoms with Gasteiger partial charge >= 0.3 is 0 Å². The summed E-state index contributed by atoms with van der Waals surface area (Å²) >= 11 is 0. The van der Waals surface area contributed by atoms with Gasteiger partial charge in [0, 0.05) is 25.1 Å². The molecular weight excluding hydrogens is 371 g/mol. The molecule has 0 saturated heterocycles. The van der Waals surface area contributed by atoms with Gasteiger partial charge in [0.1, 0.15) is 18.2 Å². The van der Waals surface area contributed by atoms with Gasteiger partial charge in [0.2, 0.25) is 11.8 Å². The SMILES string of the molecule is CCCC(=O)NCCCc1nc2ccccc2n1CC(=O)Nc1cccc(F)c1. The normalized spacial score (nSPS) is 10.8. The summed E-state index contributed by atoms with van der Waals surface area (Å²) in [6.07, 6.45) is 2.71. The van der Waals surface area contributed by atoms with Gasteiger partial charge < -0.3 is 15.2 Å². The third-order valence-corrected chi connectivity index (χ3v) is 4.52. The Labute approximate surface area is 169 Å². The van der Waals surface area contributed by atoms with Gasteiger partial charge in [-0.05, 0) is 43.2 Å². The number of imidazole rings is 1. The number of rotatable bonds is 9. The Morgan fingerprint density at radius 2 is 1.93 bits per heavy atom. The van der Waals surface area contributed by atoms with Crippen LogP contribution >= 0.6 is 0 Å². The van der Waals surface area contributed by atoms with Gasteiger partial charge in [0.25, 0.3) is 0 Å². The van der Waals surface area contributed by atoms with E-state index < -0.39 is 5.82 Å². The molecule has 3 rings (SSSR count). The van der Waals surface area contributed by atoms with E-state index >= 15 is 0 Å². The molecule has 0 aliphatic heterocycles. The van der Waals surface area contributed by atoms with E-state index in [0.717, 1.165) is 29.7 Å². The number of benzene rings is 2. The van der Waals surface area contributed by atoms with E-state index in [1.165, 1.54) is 12.1 Å². The number of carbonyl (C=O) groups is 2. The molecule has 0 bridgehead atoms. The second-order valence-electron chi connectivity index (χ2n) is 6.86. The first-order valence-electron chi connectivity index (χ1n) is 9.83. The zero-order chi connectivity index (χ0) is 20.6. The highest BCUT2D eigenvalue weighted by Gasteiger charge is 2.14. The number of fused-ring (bicyclic) bond motifs is 1. The van der Waals surface area contributed by atoms with Crippen LogP contribution in [0.2, 0.25) is 0 Å². The van der Waals surface area contributed by atoms with Crippen LogP contribution in [0.5, 0.6) is 0 Å². The Hall–Kier alpha value is -3.22. The largest absolute Gasteiger partial charge is 0.356 e. The van der Waals surface area contributed by atoms with Crippen molar-refractivity contribution in [1.82, 2.24) is 14.9 Å². The second kappa shape index (κ2) is 9.82. The average molecular weight is 396 g/mol. The molecule has 0 unspecified atom stereocenters. The molecule has 6 nitrogen and oxygen atoms in total. The number of amides is 2. The zero-order valence-electron chi connectivity index (χ0n) is 16.5. The lowest BCUT2D eigenvalue weighted by Gasteiger charge is -2.10. The lowest BCUT2D eigenvalue weighted by molar-refractivity contribution is -0.121. The van der Waals surface area contributed by atoms with Crippen LogP contribution in [0.25, 0.3) is 11.0 Å². The van der Waals surface area contributed by atoms with Crippen LogP contribution in [0.15, 0.2) is 48.5 Å². The van der Waals surface area contributed by atoms with Crippen molar-refractivity contribution in [2.75, 3.05) is 11.9 Å². The molecule has 3 aromatic rings. The highest BCUT2D eigenvalue weighted by Crippen LogP contribution is 2.18. The first-order valence-corrected chi connectivity index (χ1v) is 9.83. The van der Waals surface area contributed by atoms with Crippen LogP contribution in [0.3, 0.4) is 0 Å². The van der Waals surface area contributed by atoms with E-state index in [1.807, 2.05) is 35.8 Å². The number of nitrogens with zero attached hydrogens (tertiary/aromatic N) is 2. The summed E-state index contributed by atoms with van der Waals surface area (Å²) in [5.74, 6) is 0.179. The molecule has 0 fully saturated rings. The van der Waals surface area contributed by atoms with E-state index in [4.69, 9.17) is 0 Å². The number of aryl methyl sites for hydroxylation is 1. The summed E-state index contributed by atoms with van der Waals surface area (Å²) in [6.45, 7) is 2.61. The Balaban J connectivity index is 1.69. The summed E-state index contributed by atoms with van der Waals surface area (Å²) in [7, 11) is 0. The number of aromatic nitrogens is 2. The fourth-order valence-electron chi connectivity index (χ4n) is 3.19. The minimum atomic E-state index is -0.401. The molecule has 1 heterocycles. The van der Waals surface area contributed by atoms with Crippen molar-refractivity contribution in [2.24, 2.45) is 0 Å². The van der Waals surface area contributed by atoms with E-state index in [9.17, 15) is 14.0 Å². The van der Waals surface area contributed by atoms with Gasteiger partial charge in [-0.2, -0.15) is 0 Å². The number of anilines is 1. The van der Waals surface area contributed by atoms with Gasteiger partial charge in [-0.3, -0.25) is 9.59 Å². The summed E-state index contributed by atoms with van der Waals surface area (Å²) in [6, 6.07) is 13.4. The quantitative estimate of drug-likeness (QED) is 0.542. The van der Waals surface area contributed by atoms with Crippen LogP contribution < -0.4 is 10.6 Å². The molecule has 2 aromatic carbocycles. The molecule has 0 radical (unpaired) electrons. The zero-order valence-corrected chi connectivity index (χ0v) is 16.5. The smallest absolute Gasteiger partial charge is 0.244 e.